The second-order valence-corrected chi connectivity index (χ2v) is 7.71. The molecule has 2 aromatic heterocycles. The van der Waals surface area contributed by atoms with E-state index in [1.807, 2.05) is 12.1 Å². The summed E-state index contributed by atoms with van der Waals surface area (Å²) in [4.78, 5) is 23.5. The van der Waals surface area contributed by atoms with Gasteiger partial charge in [0.2, 0.25) is 0 Å². The summed E-state index contributed by atoms with van der Waals surface area (Å²) in [7, 11) is 1.63. The molecule has 3 aromatic rings. The van der Waals surface area contributed by atoms with Crippen molar-refractivity contribution in [2.45, 2.75) is 38.9 Å². The van der Waals surface area contributed by atoms with Crippen LogP contribution in [0.5, 0.6) is 0 Å². The Kier molecular flexibility index (Phi) is 5.05. The average Bonchev–Trinajstić information content (AvgIpc) is 3.06. The summed E-state index contributed by atoms with van der Waals surface area (Å²) in [5.74, 6) is 0.504. The average molecular weight is 383 g/mol. The molecule has 0 amide bonds. The van der Waals surface area contributed by atoms with Gasteiger partial charge in [0.05, 0.1) is 17.6 Å². The maximum Gasteiger partial charge on any atom is 0.338 e. The minimum atomic E-state index is -0.410. The Hall–Kier alpha value is -2.51. The van der Waals surface area contributed by atoms with Gasteiger partial charge in [0, 0.05) is 12.0 Å². The number of nitrogen functional groups attached to an aromatic ring is 1. The SMILES string of the molecule is COCc1ccc(C(=O)OCc2nc(N)c3c4c(sc3n2)CCCC4)cc1. The van der Waals surface area contributed by atoms with E-state index >= 15 is 0 Å². The van der Waals surface area contributed by atoms with E-state index in [-0.39, 0.29) is 6.61 Å². The number of ether oxygens (including phenoxy) is 2. The molecule has 0 aliphatic heterocycles. The van der Waals surface area contributed by atoms with Gasteiger partial charge in [-0.15, -0.1) is 11.3 Å². The molecule has 0 fully saturated rings. The van der Waals surface area contributed by atoms with Crippen LogP contribution in [0.4, 0.5) is 5.82 Å². The Morgan fingerprint density at radius 1 is 1.15 bits per heavy atom. The van der Waals surface area contributed by atoms with Crippen molar-refractivity contribution in [2.24, 2.45) is 0 Å². The first-order chi connectivity index (χ1) is 13.2. The lowest BCUT2D eigenvalue weighted by molar-refractivity contribution is 0.0462. The van der Waals surface area contributed by atoms with Crippen molar-refractivity contribution in [3.63, 3.8) is 0 Å². The molecule has 0 saturated carbocycles. The van der Waals surface area contributed by atoms with Gasteiger partial charge in [0.15, 0.2) is 12.4 Å². The number of thiophene rings is 1. The Labute approximate surface area is 161 Å². The smallest absolute Gasteiger partial charge is 0.338 e. The molecule has 0 bridgehead atoms. The van der Waals surface area contributed by atoms with Crippen LogP contribution in [0.1, 0.15) is 45.0 Å². The van der Waals surface area contributed by atoms with Gasteiger partial charge in [-0.25, -0.2) is 14.8 Å². The molecule has 0 unspecified atom stereocenters. The first-order valence-corrected chi connectivity index (χ1v) is 9.79. The van der Waals surface area contributed by atoms with Crippen molar-refractivity contribution in [1.29, 1.82) is 0 Å². The zero-order valence-corrected chi connectivity index (χ0v) is 16.0. The number of rotatable bonds is 5. The number of methoxy groups -OCH3 is 1. The highest BCUT2D eigenvalue weighted by atomic mass is 32.1. The molecule has 4 rings (SSSR count). The summed E-state index contributed by atoms with van der Waals surface area (Å²) in [5, 5.41) is 0.985. The van der Waals surface area contributed by atoms with E-state index in [4.69, 9.17) is 15.2 Å². The van der Waals surface area contributed by atoms with Crippen LogP contribution in [0.15, 0.2) is 24.3 Å². The van der Waals surface area contributed by atoms with E-state index in [9.17, 15) is 4.79 Å². The van der Waals surface area contributed by atoms with Gasteiger partial charge in [-0.1, -0.05) is 12.1 Å². The number of hydrogen-bond donors (Lipinski definition) is 1. The normalized spacial score (nSPS) is 13.5. The summed E-state index contributed by atoms with van der Waals surface area (Å²) < 4.78 is 10.4. The monoisotopic (exact) mass is 383 g/mol. The predicted molar refractivity (Wildman–Crippen MR) is 105 cm³/mol. The number of aromatic nitrogens is 2. The van der Waals surface area contributed by atoms with E-state index in [1.165, 1.54) is 23.3 Å². The topological polar surface area (TPSA) is 87.3 Å². The van der Waals surface area contributed by atoms with Crippen LogP contribution in [0, 0.1) is 0 Å². The first-order valence-electron chi connectivity index (χ1n) is 8.97. The number of aryl methyl sites for hydroxylation is 2. The van der Waals surface area contributed by atoms with Crippen molar-refractivity contribution in [3.05, 3.63) is 51.7 Å². The highest BCUT2D eigenvalue weighted by Crippen LogP contribution is 2.37. The maximum atomic E-state index is 12.3. The summed E-state index contributed by atoms with van der Waals surface area (Å²) in [6.45, 7) is 0.509. The molecule has 27 heavy (non-hydrogen) atoms. The number of anilines is 1. The van der Waals surface area contributed by atoms with Gasteiger partial charge in [-0.3, -0.25) is 0 Å². The molecule has 0 spiro atoms. The molecule has 7 heteroatoms. The second kappa shape index (κ2) is 7.62. The quantitative estimate of drug-likeness (QED) is 0.677. The molecule has 140 valence electrons. The van der Waals surface area contributed by atoms with Crippen LogP contribution in [0.25, 0.3) is 10.2 Å². The first kappa shape index (κ1) is 17.9. The van der Waals surface area contributed by atoms with Crippen LogP contribution >= 0.6 is 11.3 Å². The molecule has 0 saturated heterocycles. The van der Waals surface area contributed by atoms with Crippen molar-refractivity contribution < 1.29 is 14.3 Å². The lowest BCUT2D eigenvalue weighted by Crippen LogP contribution is -2.09. The van der Waals surface area contributed by atoms with E-state index in [0.717, 1.165) is 28.6 Å². The molecule has 1 aliphatic rings. The number of fused-ring (bicyclic) bond motifs is 3. The van der Waals surface area contributed by atoms with Gasteiger partial charge in [0.1, 0.15) is 10.6 Å². The Balaban J connectivity index is 1.49. The third kappa shape index (κ3) is 3.65. The molecule has 6 nitrogen and oxygen atoms in total. The highest BCUT2D eigenvalue weighted by molar-refractivity contribution is 7.19. The second-order valence-electron chi connectivity index (χ2n) is 6.62. The summed E-state index contributed by atoms with van der Waals surface area (Å²) in [5.41, 5.74) is 8.97. The molecule has 1 aromatic carbocycles. The summed E-state index contributed by atoms with van der Waals surface area (Å²) in [6, 6.07) is 7.14. The maximum absolute atomic E-state index is 12.3. The molecule has 1 aliphatic carbocycles. The van der Waals surface area contributed by atoms with Crippen LogP contribution in [0.2, 0.25) is 0 Å². The van der Waals surface area contributed by atoms with E-state index in [2.05, 4.69) is 9.97 Å². The minimum absolute atomic E-state index is 0.00135. The molecular formula is C20H21N3O3S. The highest BCUT2D eigenvalue weighted by Gasteiger charge is 2.20. The number of carbonyl (C=O) groups is 1. The van der Waals surface area contributed by atoms with Crippen molar-refractivity contribution in [3.8, 4) is 0 Å². The van der Waals surface area contributed by atoms with Gasteiger partial charge >= 0.3 is 5.97 Å². The number of nitrogens with two attached hydrogens (primary N) is 1. The number of benzene rings is 1. The van der Waals surface area contributed by atoms with Crippen LogP contribution in [-0.2, 0) is 35.5 Å². The summed E-state index contributed by atoms with van der Waals surface area (Å²) in [6.07, 6.45) is 4.51. The van der Waals surface area contributed by atoms with E-state index < -0.39 is 5.97 Å². The lowest BCUT2D eigenvalue weighted by atomic mass is 9.97. The van der Waals surface area contributed by atoms with Gasteiger partial charge in [-0.05, 0) is 48.9 Å². The summed E-state index contributed by atoms with van der Waals surface area (Å²) >= 11 is 1.68. The molecular weight excluding hydrogens is 362 g/mol. The fourth-order valence-electron chi connectivity index (χ4n) is 3.41. The lowest BCUT2D eigenvalue weighted by Gasteiger charge is -2.10. The zero-order chi connectivity index (χ0) is 18.8. The number of carbonyl (C=O) groups excluding carboxylic acids is 1. The van der Waals surface area contributed by atoms with Crippen molar-refractivity contribution in [2.75, 3.05) is 12.8 Å². The van der Waals surface area contributed by atoms with Crippen LogP contribution < -0.4 is 5.73 Å². The molecule has 0 atom stereocenters. The third-order valence-corrected chi connectivity index (χ3v) is 5.91. The molecule has 0 radical (unpaired) electrons. The Morgan fingerprint density at radius 2 is 1.93 bits per heavy atom. The van der Waals surface area contributed by atoms with Gasteiger partial charge in [0.25, 0.3) is 0 Å². The van der Waals surface area contributed by atoms with E-state index in [1.54, 1.807) is 30.6 Å². The van der Waals surface area contributed by atoms with Gasteiger partial charge in [-0.2, -0.15) is 0 Å². The van der Waals surface area contributed by atoms with Crippen molar-refractivity contribution >= 4 is 33.3 Å². The van der Waals surface area contributed by atoms with Gasteiger partial charge < -0.3 is 15.2 Å². The molecule has 2 heterocycles. The number of nitrogens with zero attached hydrogens (tertiary/aromatic N) is 2. The van der Waals surface area contributed by atoms with Crippen molar-refractivity contribution in [1.82, 2.24) is 9.97 Å². The third-order valence-electron chi connectivity index (χ3n) is 4.72. The fourth-order valence-corrected chi connectivity index (χ4v) is 4.70. The number of esters is 1. The van der Waals surface area contributed by atoms with E-state index in [0.29, 0.717) is 23.8 Å². The minimum Gasteiger partial charge on any atom is -0.454 e. The zero-order valence-electron chi connectivity index (χ0n) is 15.2. The molecule has 2 N–H and O–H groups in total. The fraction of sp³-hybridized carbons (Fsp3) is 0.350. The number of hydrogen-bond acceptors (Lipinski definition) is 7. The standard InChI is InChI=1S/C20H21N3O3S/c1-25-10-12-6-8-13(9-7-12)20(24)26-11-16-22-18(21)17-14-4-2-3-5-15(14)27-19(17)23-16/h6-9H,2-5,10-11H2,1H3,(H2,21,22,23). The Bertz CT molecular complexity index is 982. The largest absolute Gasteiger partial charge is 0.454 e. The van der Waals surface area contributed by atoms with Crippen LogP contribution in [-0.4, -0.2) is 23.0 Å². The van der Waals surface area contributed by atoms with Crippen LogP contribution in [0.3, 0.4) is 0 Å². The Morgan fingerprint density at radius 3 is 2.70 bits per heavy atom. The predicted octanol–water partition coefficient (Wildman–Crippen LogP) is 3.66.